The summed E-state index contributed by atoms with van der Waals surface area (Å²) in [5, 5.41) is 81.9. The summed E-state index contributed by atoms with van der Waals surface area (Å²) in [5.41, 5.74) is 0. The molecule has 2 saturated heterocycles. The standard InChI is InChI=1S/C18H31NO14/c1-6(21)19-10-7(22)3-18(17(28)29,33-15(10)11(24)8(23)4-20)31-5-9-12(25)13(26)14(27)16(30-2)32-9/h7-16,20,22-27H,3-5H2,1-2H3,(H,19,21)(H,28,29)/t7-,8+,9+,10+,11+,12+,13-,14+,15+,16-,18-/m0/s1. The first kappa shape index (κ1) is 27.7. The van der Waals surface area contributed by atoms with Crippen molar-refractivity contribution in [1.29, 1.82) is 0 Å². The number of ether oxygens (including phenoxy) is 4. The van der Waals surface area contributed by atoms with Crippen LogP contribution in [-0.4, -0.2) is 140 Å². The van der Waals surface area contributed by atoms with Crippen LogP contribution in [0.5, 0.6) is 0 Å². The molecular weight excluding hydrogens is 454 g/mol. The molecular formula is C18H31NO14. The molecule has 0 aromatic heterocycles. The molecule has 192 valence electrons. The zero-order valence-corrected chi connectivity index (χ0v) is 17.9. The van der Waals surface area contributed by atoms with Gasteiger partial charge in [-0.2, -0.15) is 0 Å². The normalized spacial score (nSPS) is 41.2. The lowest BCUT2D eigenvalue weighted by Crippen LogP contribution is -2.68. The minimum Gasteiger partial charge on any atom is -0.477 e. The number of aliphatic carboxylic acids is 1. The molecule has 33 heavy (non-hydrogen) atoms. The zero-order valence-electron chi connectivity index (χ0n) is 17.9. The van der Waals surface area contributed by atoms with E-state index >= 15 is 0 Å². The van der Waals surface area contributed by atoms with Gasteiger partial charge in [0.2, 0.25) is 5.91 Å². The molecule has 2 heterocycles. The average molecular weight is 485 g/mol. The van der Waals surface area contributed by atoms with E-state index in [0.717, 1.165) is 14.0 Å². The van der Waals surface area contributed by atoms with Gasteiger partial charge in [0.15, 0.2) is 6.29 Å². The van der Waals surface area contributed by atoms with Gasteiger partial charge < -0.3 is 65.1 Å². The quantitative estimate of drug-likeness (QED) is 0.148. The summed E-state index contributed by atoms with van der Waals surface area (Å²) in [7, 11) is 1.16. The van der Waals surface area contributed by atoms with Crippen molar-refractivity contribution >= 4 is 11.9 Å². The van der Waals surface area contributed by atoms with Crippen molar-refractivity contribution in [3.63, 3.8) is 0 Å². The number of carboxylic acid groups (broad SMARTS) is 1. The predicted octanol–water partition coefficient (Wildman–Crippen LogP) is -5.39. The maximum absolute atomic E-state index is 12.1. The second-order valence-corrected chi connectivity index (χ2v) is 7.94. The fourth-order valence-electron chi connectivity index (χ4n) is 3.74. The molecule has 2 aliphatic heterocycles. The van der Waals surface area contributed by atoms with Crippen LogP contribution >= 0.6 is 0 Å². The third kappa shape index (κ3) is 5.95. The molecule has 0 spiro atoms. The molecule has 15 heteroatoms. The van der Waals surface area contributed by atoms with E-state index in [0.29, 0.717) is 0 Å². The van der Waals surface area contributed by atoms with Gasteiger partial charge in [-0.15, -0.1) is 0 Å². The first-order chi connectivity index (χ1) is 15.4. The Labute approximate surface area is 188 Å². The van der Waals surface area contributed by atoms with Crippen LogP contribution in [-0.2, 0) is 28.5 Å². The Morgan fingerprint density at radius 2 is 1.79 bits per heavy atom. The van der Waals surface area contributed by atoms with Gasteiger partial charge in [-0.3, -0.25) is 4.79 Å². The smallest absolute Gasteiger partial charge is 0.364 e. The first-order valence-corrected chi connectivity index (χ1v) is 10.1. The summed E-state index contributed by atoms with van der Waals surface area (Å²) in [5.74, 6) is -5.06. The molecule has 0 aromatic carbocycles. The molecule has 0 radical (unpaired) electrons. The highest BCUT2D eigenvalue weighted by atomic mass is 16.7. The van der Waals surface area contributed by atoms with Gasteiger partial charge in [-0.05, 0) is 0 Å². The lowest BCUT2D eigenvalue weighted by Gasteiger charge is -2.47. The zero-order chi connectivity index (χ0) is 25.1. The number of carbonyl (C=O) groups excluding carboxylic acids is 1. The summed E-state index contributed by atoms with van der Waals surface area (Å²) in [6.45, 7) is -0.576. The fourth-order valence-corrected chi connectivity index (χ4v) is 3.74. The molecule has 0 aromatic rings. The predicted molar refractivity (Wildman–Crippen MR) is 102 cm³/mol. The number of rotatable bonds is 9. The van der Waals surface area contributed by atoms with Crippen LogP contribution in [0.3, 0.4) is 0 Å². The fraction of sp³-hybridized carbons (Fsp3) is 0.889. The van der Waals surface area contributed by atoms with Crippen molar-refractivity contribution in [2.45, 2.75) is 80.3 Å². The van der Waals surface area contributed by atoms with E-state index < -0.39 is 98.5 Å². The van der Waals surface area contributed by atoms with E-state index in [4.69, 9.17) is 24.1 Å². The number of carboxylic acids is 1. The molecule has 1 amide bonds. The minimum atomic E-state index is -2.65. The average Bonchev–Trinajstić information content (AvgIpc) is 2.77. The maximum atomic E-state index is 12.1. The van der Waals surface area contributed by atoms with Crippen LogP contribution < -0.4 is 5.32 Å². The number of hydrogen-bond acceptors (Lipinski definition) is 13. The highest BCUT2D eigenvalue weighted by Gasteiger charge is 2.56. The molecule has 2 aliphatic rings. The van der Waals surface area contributed by atoms with Gasteiger partial charge in [0, 0.05) is 20.5 Å². The van der Waals surface area contributed by atoms with Crippen molar-refractivity contribution in [1.82, 2.24) is 5.32 Å². The Hall–Kier alpha value is -1.50. The van der Waals surface area contributed by atoms with E-state index in [1.165, 1.54) is 0 Å². The summed E-state index contributed by atoms with van der Waals surface area (Å²) in [6, 6.07) is -1.37. The maximum Gasteiger partial charge on any atom is 0.364 e. The molecule has 15 nitrogen and oxygen atoms in total. The van der Waals surface area contributed by atoms with Crippen molar-refractivity contribution in [2.75, 3.05) is 20.3 Å². The molecule has 0 unspecified atom stereocenters. The molecule has 0 aliphatic carbocycles. The number of hydrogen-bond donors (Lipinski definition) is 9. The van der Waals surface area contributed by atoms with Gasteiger partial charge in [-0.25, -0.2) is 4.79 Å². The summed E-state index contributed by atoms with van der Waals surface area (Å²) in [4.78, 5) is 23.6. The van der Waals surface area contributed by atoms with Crippen LogP contribution in [0, 0.1) is 0 Å². The van der Waals surface area contributed by atoms with Gasteiger partial charge in [0.05, 0.1) is 25.4 Å². The van der Waals surface area contributed by atoms with E-state index in [-0.39, 0.29) is 0 Å². The summed E-state index contributed by atoms with van der Waals surface area (Å²) >= 11 is 0. The third-order valence-electron chi connectivity index (χ3n) is 5.57. The Bertz CT molecular complexity index is 679. The molecule has 9 N–H and O–H groups in total. The summed E-state index contributed by atoms with van der Waals surface area (Å²) in [6.07, 6.45) is -15.7. The third-order valence-corrected chi connectivity index (χ3v) is 5.57. The van der Waals surface area contributed by atoms with Crippen LogP contribution in [0.4, 0.5) is 0 Å². The lowest BCUT2D eigenvalue weighted by atomic mass is 9.88. The molecule has 11 atom stereocenters. The minimum absolute atomic E-state index is 0.654. The van der Waals surface area contributed by atoms with Gasteiger partial charge in [0.25, 0.3) is 5.79 Å². The Morgan fingerprint density at radius 3 is 2.30 bits per heavy atom. The number of amides is 1. The van der Waals surface area contributed by atoms with Crippen LogP contribution in [0.1, 0.15) is 13.3 Å². The monoisotopic (exact) mass is 485 g/mol. The van der Waals surface area contributed by atoms with Crippen molar-refractivity contribution in [2.24, 2.45) is 0 Å². The summed E-state index contributed by atoms with van der Waals surface area (Å²) < 4.78 is 20.9. The Morgan fingerprint density at radius 1 is 1.15 bits per heavy atom. The number of aliphatic hydroxyl groups excluding tert-OH is 7. The number of aliphatic hydroxyl groups is 7. The van der Waals surface area contributed by atoms with E-state index in [1.54, 1.807) is 0 Å². The van der Waals surface area contributed by atoms with E-state index in [2.05, 4.69) is 5.32 Å². The number of nitrogens with one attached hydrogen (secondary N) is 1. The Balaban J connectivity index is 2.28. The van der Waals surface area contributed by atoms with Crippen LogP contribution in [0.2, 0.25) is 0 Å². The second kappa shape index (κ2) is 11.3. The van der Waals surface area contributed by atoms with Crippen LogP contribution in [0.25, 0.3) is 0 Å². The second-order valence-electron chi connectivity index (χ2n) is 7.94. The number of methoxy groups -OCH3 is 1. The highest BCUT2D eigenvalue weighted by molar-refractivity contribution is 5.76. The number of carbonyl (C=O) groups is 2. The van der Waals surface area contributed by atoms with Crippen molar-refractivity contribution < 1.29 is 69.4 Å². The van der Waals surface area contributed by atoms with Gasteiger partial charge >= 0.3 is 5.97 Å². The molecule has 2 rings (SSSR count). The van der Waals surface area contributed by atoms with E-state index in [9.17, 15) is 45.3 Å². The van der Waals surface area contributed by atoms with Gasteiger partial charge in [0.1, 0.15) is 42.7 Å². The van der Waals surface area contributed by atoms with Crippen molar-refractivity contribution in [3.05, 3.63) is 0 Å². The van der Waals surface area contributed by atoms with Crippen LogP contribution in [0.15, 0.2) is 0 Å². The van der Waals surface area contributed by atoms with Gasteiger partial charge in [-0.1, -0.05) is 0 Å². The molecule has 0 saturated carbocycles. The Kier molecular flexibility index (Phi) is 9.49. The van der Waals surface area contributed by atoms with E-state index in [1.807, 2.05) is 0 Å². The largest absolute Gasteiger partial charge is 0.477 e. The highest BCUT2D eigenvalue weighted by Crippen LogP contribution is 2.34. The SMILES string of the molecule is CO[C@H]1O[C@H](CO[C@@]2(C(=O)O)C[C@H](O)[C@@H](NC(C)=O)[C@H]([C@H](O)[C@H](O)CO)O2)[C@@H](O)[C@H](O)[C@H]1O. The first-order valence-electron chi connectivity index (χ1n) is 10.1. The molecule has 0 bridgehead atoms. The van der Waals surface area contributed by atoms with Crippen molar-refractivity contribution in [3.8, 4) is 0 Å². The topological polar surface area (TPSA) is 245 Å². The lowest BCUT2D eigenvalue weighted by molar-refractivity contribution is -0.336. The molecule has 2 fully saturated rings.